The number of aryl methyl sites for hydroxylation is 1. The van der Waals surface area contributed by atoms with Gasteiger partial charge in [0.25, 0.3) is 0 Å². The first-order chi connectivity index (χ1) is 17.6. The Morgan fingerprint density at radius 1 is 1.08 bits per heavy atom. The summed E-state index contributed by atoms with van der Waals surface area (Å²) in [6.07, 6.45) is 5.15. The van der Waals surface area contributed by atoms with Crippen LogP contribution in [0, 0.1) is 23.2 Å². The molecule has 0 amide bonds. The van der Waals surface area contributed by atoms with Crippen LogP contribution in [0.4, 0.5) is 0 Å². The summed E-state index contributed by atoms with van der Waals surface area (Å²) in [5.41, 5.74) is 5.20. The molecule has 2 aromatic carbocycles. The molecule has 1 N–H and O–H groups in total. The molecule has 36 heavy (non-hydrogen) atoms. The number of benzene rings is 2. The summed E-state index contributed by atoms with van der Waals surface area (Å²) in [6.45, 7) is 1.08. The molecule has 0 saturated heterocycles. The monoisotopic (exact) mass is 487 g/mol. The summed E-state index contributed by atoms with van der Waals surface area (Å²) >= 11 is 0. The van der Waals surface area contributed by atoms with Gasteiger partial charge in [-0.15, -0.1) is 0 Å². The Balaban J connectivity index is 1.63. The van der Waals surface area contributed by atoms with E-state index in [1.165, 1.54) is 0 Å². The first-order valence-electron chi connectivity index (χ1n) is 12.5. The highest BCUT2D eigenvalue weighted by molar-refractivity contribution is 5.83. The summed E-state index contributed by atoms with van der Waals surface area (Å²) in [6, 6.07) is 20.6. The fourth-order valence-corrected chi connectivity index (χ4v) is 5.10. The van der Waals surface area contributed by atoms with Gasteiger partial charge in [-0.1, -0.05) is 42.5 Å². The quantitative estimate of drug-likeness (QED) is 0.379. The third-order valence-corrected chi connectivity index (χ3v) is 6.88. The molecule has 7 heteroatoms. The zero-order valence-corrected chi connectivity index (χ0v) is 20.7. The maximum atomic E-state index is 10.7. The van der Waals surface area contributed by atoms with Crippen molar-refractivity contribution in [2.75, 3.05) is 20.3 Å². The van der Waals surface area contributed by atoms with Crippen LogP contribution in [-0.4, -0.2) is 41.2 Å². The molecule has 0 aliphatic heterocycles. The van der Waals surface area contributed by atoms with Crippen molar-refractivity contribution in [1.29, 1.82) is 5.26 Å². The molecule has 1 fully saturated rings. The topological polar surface area (TPSA) is 97.4 Å². The van der Waals surface area contributed by atoms with Gasteiger partial charge in [0.1, 0.15) is 12.4 Å². The highest BCUT2D eigenvalue weighted by Gasteiger charge is 2.26. The standard InChI is InChI=1S/C29H33N3O4/c1-35-25-10-5-9-24(17-25)28-26(11-6-16-30)31-32(29(28)23-7-3-2-4-8-23)18-21-12-14-22(15-13-21)19-36-20-27(33)34/h2-5,7-10,17,21-22H,6,11-15,18-20H2,1H3,(H,33,34). The fraction of sp³-hybridized carbons (Fsp3) is 0.414. The average Bonchev–Trinajstić information content (AvgIpc) is 3.26. The van der Waals surface area contributed by atoms with Gasteiger partial charge < -0.3 is 14.6 Å². The third kappa shape index (κ3) is 6.32. The molecule has 188 valence electrons. The van der Waals surface area contributed by atoms with E-state index in [0.29, 0.717) is 31.3 Å². The normalized spacial score (nSPS) is 17.4. The van der Waals surface area contributed by atoms with E-state index in [9.17, 15) is 10.1 Å². The van der Waals surface area contributed by atoms with E-state index < -0.39 is 5.97 Å². The molecule has 0 unspecified atom stereocenters. The van der Waals surface area contributed by atoms with Crippen LogP contribution in [0.2, 0.25) is 0 Å². The van der Waals surface area contributed by atoms with Gasteiger partial charge in [-0.25, -0.2) is 4.79 Å². The molecule has 0 atom stereocenters. The summed E-state index contributed by atoms with van der Waals surface area (Å²) in [7, 11) is 1.67. The minimum absolute atomic E-state index is 0.230. The number of rotatable bonds is 11. The number of methoxy groups -OCH3 is 1. The van der Waals surface area contributed by atoms with Crippen LogP contribution in [0.5, 0.6) is 5.75 Å². The van der Waals surface area contributed by atoms with E-state index in [1.807, 2.05) is 36.4 Å². The Labute approximate surface area is 212 Å². The van der Waals surface area contributed by atoms with Gasteiger partial charge in [0.05, 0.1) is 31.2 Å². The van der Waals surface area contributed by atoms with Gasteiger partial charge in [-0.05, 0) is 55.2 Å². The SMILES string of the molecule is COc1cccc(-c2c(CCC#N)nn(CC3CCC(COCC(=O)O)CC3)c2-c2ccccc2)c1. The Bertz CT molecular complexity index is 1190. The second-order valence-electron chi connectivity index (χ2n) is 9.40. The van der Waals surface area contributed by atoms with Crippen LogP contribution in [0.1, 0.15) is 37.8 Å². The summed E-state index contributed by atoms with van der Waals surface area (Å²) in [5.74, 6) is 0.749. The minimum atomic E-state index is -0.921. The van der Waals surface area contributed by atoms with Crippen molar-refractivity contribution in [3.63, 3.8) is 0 Å². The first-order valence-corrected chi connectivity index (χ1v) is 12.5. The smallest absolute Gasteiger partial charge is 0.329 e. The van der Waals surface area contributed by atoms with E-state index >= 15 is 0 Å². The number of nitriles is 1. The molecular weight excluding hydrogens is 454 g/mol. The first kappa shape index (κ1) is 25.5. The van der Waals surface area contributed by atoms with Gasteiger partial charge in [0.15, 0.2) is 0 Å². The van der Waals surface area contributed by atoms with Crippen LogP contribution in [0.15, 0.2) is 54.6 Å². The molecule has 0 bridgehead atoms. The van der Waals surface area contributed by atoms with E-state index in [2.05, 4.69) is 29.0 Å². The second kappa shape index (κ2) is 12.4. The predicted octanol–water partition coefficient (Wildman–Crippen LogP) is 5.59. The van der Waals surface area contributed by atoms with Crippen LogP contribution < -0.4 is 4.74 Å². The van der Waals surface area contributed by atoms with Gasteiger partial charge in [0.2, 0.25) is 0 Å². The zero-order valence-electron chi connectivity index (χ0n) is 20.7. The molecular formula is C29H33N3O4. The number of carboxylic acid groups (broad SMARTS) is 1. The van der Waals surface area contributed by atoms with Crippen molar-refractivity contribution in [2.45, 2.75) is 45.1 Å². The number of hydrogen-bond donors (Lipinski definition) is 1. The molecule has 1 aliphatic rings. The van der Waals surface area contributed by atoms with Crippen molar-refractivity contribution < 1.29 is 19.4 Å². The van der Waals surface area contributed by atoms with E-state index in [4.69, 9.17) is 19.7 Å². The lowest BCUT2D eigenvalue weighted by atomic mass is 9.82. The number of aromatic nitrogens is 2. The van der Waals surface area contributed by atoms with Gasteiger partial charge >= 0.3 is 5.97 Å². The zero-order chi connectivity index (χ0) is 25.3. The molecule has 0 radical (unpaired) electrons. The molecule has 3 aromatic rings. The predicted molar refractivity (Wildman–Crippen MR) is 137 cm³/mol. The Kier molecular flexibility index (Phi) is 8.75. The largest absolute Gasteiger partial charge is 0.497 e. The van der Waals surface area contributed by atoms with Crippen molar-refractivity contribution in [2.24, 2.45) is 11.8 Å². The number of carboxylic acids is 1. The average molecular weight is 488 g/mol. The Hall–Kier alpha value is -3.63. The number of nitrogens with zero attached hydrogens (tertiary/aromatic N) is 3. The fourth-order valence-electron chi connectivity index (χ4n) is 5.10. The van der Waals surface area contributed by atoms with Crippen LogP contribution >= 0.6 is 0 Å². The van der Waals surface area contributed by atoms with E-state index in [-0.39, 0.29) is 6.61 Å². The maximum Gasteiger partial charge on any atom is 0.329 e. The van der Waals surface area contributed by atoms with Crippen molar-refractivity contribution in [3.8, 4) is 34.2 Å². The third-order valence-electron chi connectivity index (χ3n) is 6.88. The summed E-state index contributed by atoms with van der Waals surface area (Å²) in [5, 5.41) is 23.2. The summed E-state index contributed by atoms with van der Waals surface area (Å²) < 4.78 is 13.0. The van der Waals surface area contributed by atoms with Gasteiger partial charge in [-0.2, -0.15) is 10.4 Å². The molecule has 1 aromatic heterocycles. The van der Waals surface area contributed by atoms with Gasteiger partial charge in [0, 0.05) is 30.5 Å². The number of hydrogen-bond acceptors (Lipinski definition) is 5. The minimum Gasteiger partial charge on any atom is -0.497 e. The van der Waals surface area contributed by atoms with Crippen LogP contribution in [0.3, 0.4) is 0 Å². The van der Waals surface area contributed by atoms with Crippen molar-refractivity contribution in [3.05, 3.63) is 60.3 Å². The highest BCUT2D eigenvalue weighted by Crippen LogP contribution is 2.39. The number of carbonyl (C=O) groups is 1. The van der Waals surface area contributed by atoms with E-state index in [0.717, 1.165) is 66.1 Å². The molecule has 1 aliphatic carbocycles. The van der Waals surface area contributed by atoms with Crippen molar-refractivity contribution >= 4 is 5.97 Å². The van der Waals surface area contributed by atoms with Crippen molar-refractivity contribution in [1.82, 2.24) is 9.78 Å². The highest BCUT2D eigenvalue weighted by atomic mass is 16.5. The lowest BCUT2D eigenvalue weighted by Crippen LogP contribution is -2.23. The molecule has 0 spiro atoms. The number of aliphatic carboxylic acids is 1. The molecule has 4 rings (SSSR count). The summed E-state index contributed by atoms with van der Waals surface area (Å²) in [4.78, 5) is 10.7. The Morgan fingerprint density at radius 3 is 2.50 bits per heavy atom. The Morgan fingerprint density at radius 2 is 1.81 bits per heavy atom. The lowest BCUT2D eigenvalue weighted by molar-refractivity contribution is -0.142. The van der Waals surface area contributed by atoms with Crippen LogP contribution in [0.25, 0.3) is 22.4 Å². The van der Waals surface area contributed by atoms with E-state index in [1.54, 1.807) is 7.11 Å². The van der Waals surface area contributed by atoms with Gasteiger partial charge in [-0.3, -0.25) is 4.68 Å². The molecule has 7 nitrogen and oxygen atoms in total. The van der Waals surface area contributed by atoms with Crippen LogP contribution in [-0.2, 0) is 22.5 Å². The maximum absolute atomic E-state index is 10.7. The second-order valence-corrected chi connectivity index (χ2v) is 9.40. The molecule has 1 heterocycles. The number of ether oxygens (including phenoxy) is 2. The molecule has 1 saturated carbocycles. The lowest BCUT2D eigenvalue weighted by Gasteiger charge is -2.28.